The Balaban J connectivity index is 1.85. The lowest BCUT2D eigenvalue weighted by molar-refractivity contribution is -0.157. The number of amides is 1. The fourth-order valence-electron chi connectivity index (χ4n) is 3.29. The van der Waals surface area contributed by atoms with Gasteiger partial charge in [0, 0.05) is 30.5 Å². The molecule has 114 valence electrons. The molecule has 2 aliphatic heterocycles. The van der Waals surface area contributed by atoms with Crippen LogP contribution in [0.25, 0.3) is 0 Å². The highest BCUT2D eigenvalue weighted by atomic mass is 32.1. The number of carboxylic acids is 1. The van der Waals surface area contributed by atoms with E-state index in [9.17, 15) is 14.7 Å². The van der Waals surface area contributed by atoms with Crippen molar-refractivity contribution >= 4 is 23.2 Å². The zero-order valence-electron chi connectivity index (χ0n) is 12.2. The largest absolute Gasteiger partial charge is 0.481 e. The molecule has 0 spiro atoms. The SMILES string of the molecule is Cc1cc(C(=O)N2C[C@H]3COCC[C@@]3(C(=O)O)C2)sc1C. The lowest BCUT2D eigenvalue weighted by atomic mass is 9.74. The molecule has 2 fully saturated rings. The molecule has 3 rings (SSSR count). The van der Waals surface area contributed by atoms with Crippen LogP contribution in [0.15, 0.2) is 6.07 Å². The predicted octanol–water partition coefficient (Wildman–Crippen LogP) is 1.93. The number of carbonyl (C=O) groups excluding carboxylic acids is 1. The van der Waals surface area contributed by atoms with Gasteiger partial charge in [0.15, 0.2) is 0 Å². The van der Waals surface area contributed by atoms with Gasteiger partial charge in [0.05, 0.1) is 16.9 Å². The van der Waals surface area contributed by atoms with E-state index in [0.717, 1.165) is 10.4 Å². The summed E-state index contributed by atoms with van der Waals surface area (Å²) >= 11 is 1.48. The molecule has 0 saturated carbocycles. The summed E-state index contributed by atoms with van der Waals surface area (Å²) < 4.78 is 5.42. The van der Waals surface area contributed by atoms with E-state index in [0.29, 0.717) is 37.6 Å². The molecule has 6 heteroatoms. The van der Waals surface area contributed by atoms with Crippen LogP contribution in [0, 0.1) is 25.2 Å². The standard InChI is InChI=1S/C15H19NO4S/c1-9-5-12(21-10(9)2)13(17)16-6-11-7-20-4-3-15(11,8-16)14(18)19/h5,11H,3-4,6-8H2,1-2H3,(H,18,19)/t11-,15+/m0/s1. The maximum absolute atomic E-state index is 12.6. The maximum Gasteiger partial charge on any atom is 0.311 e. The highest BCUT2D eigenvalue weighted by Crippen LogP contribution is 2.43. The molecule has 0 radical (unpaired) electrons. The molecule has 1 amide bonds. The molecule has 0 unspecified atom stereocenters. The fraction of sp³-hybridized carbons (Fsp3) is 0.600. The molecule has 2 saturated heterocycles. The van der Waals surface area contributed by atoms with Gasteiger partial charge in [0.25, 0.3) is 5.91 Å². The van der Waals surface area contributed by atoms with Crippen molar-refractivity contribution in [3.63, 3.8) is 0 Å². The van der Waals surface area contributed by atoms with E-state index in [1.807, 2.05) is 19.9 Å². The predicted molar refractivity (Wildman–Crippen MR) is 78.7 cm³/mol. The van der Waals surface area contributed by atoms with Crippen LogP contribution in [0.4, 0.5) is 0 Å². The van der Waals surface area contributed by atoms with E-state index in [1.165, 1.54) is 11.3 Å². The Bertz CT molecular complexity index is 577. The van der Waals surface area contributed by atoms with Gasteiger partial charge in [-0.1, -0.05) is 0 Å². The van der Waals surface area contributed by atoms with Gasteiger partial charge in [-0.2, -0.15) is 0 Å². The molecule has 1 N–H and O–H groups in total. The van der Waals surface area contributed by atoms with Crippen molar-refractivity contribution in [3.8, 4) is 0 Å². The molecule has 1 aromatic rings. The Labute approximate surface area is 127 Å². The smallest absolute Gasteiger partial charge is 0.311 e. The minimum absolute atomic E-state index is 0.0498. The number of fused-ring (bicyclic) bond motifs is 1. The fourth-order valence-corrected chi connectivity index (χ4v) is 4.29. The Morgan fingerprint density at radius 1 is 1.48 bits per heavy atom. The molecule has 2 aliphatic rings. The van der Waals surface area contributed by atoms with Crippen LogP contribution in [0.2, 0.25) is 0 Å². The molecular formula is C15H19NO4S. The highest BCUT2D eigenvalue weighted by molar-refractivity contribution is 7.14. The lowest BCUT2D eigenvalue weighted by Crippen LogP contribution is -2.45. The van der Waals surface area contributed by atoms with Crippen molar-refractivity contribution in [2.75, 3.05) is 26.3 Å². The minimum Gasteiger partial charge on any atom is -0.481 e. The Morgan fingerprint density at radius 2 is 2.24 bits per heavy atom. The number of rotatable bonds is 2. The average molecular weight is 309 g/mol. The summed E-state index contributed by atoms with van der Waals surface area (Å²) in [5.74, 6) is -0.953. The average Bonchev–Trinajstić information content (AvgIpc) is 3.00. The summed E-state index contributed by atoms with van der Waals surface area (Å²) in [5.41, 5.74) is 0.283. The van der Waals surface area contributed by atoms with Crippen LogP contribution < -0.4 is 0 Å². The first-order chi connectivity index (χ1) is 9.94. The molecule has 2 atom stereocenters. The molecule has 3 heterocycles. The van der Waals surface area contributed by atoms with Crippen LogP contribution in [0.3, 0.4) is 0 Å². The first-order valence-corrected chi connectivity index (χ1v) is 7.93. The number of likely N-dealkylation sites (tertiary alicyclic amines) is 1. The second-order valence-electron chi connectivity index (χ2n) is 6.02. The third-order valence-corrected chi connectivity index (χ3v) is 5.94. The summed E-state index contributed by atoms with van der Waals surface area (Å²) in [7, 11) is 0. The third kappa shape index (κ3) is 2.26. The second-order valence-corrected chi connectivity index (χ2v) is 7.27. The molecule has 5 nitrogen and oxygen atoms in total. The quantitative estimate of drug-likeness (QED) is 0.906. The number of thiophene rings is 1. The molecular weight excluding hydrogens is 290 g/mol. The van der Waals surface area contributed by atoms with Gasteiger partial charge in [-0.05, 0) is 31.9 Å². The highest BCUT2D eigenvalue weighted by Gasteiger charge is 2.55. The summed E-state index contributed by atoms with van der Waals surface area (Å²) in [6.45, 7) is 5.64. The van der Waals surface area contributed by atoms with Crippen molar-refractivity contribution in [1.82, 2.24) is 4.90 Å². The number of carboxylic acid groups (broad SMARTS) is 1. The Morgan fingerprint density at radius 3 is 2.81 bits per heavy atom. The minimum atomic E-state index is -0.824. The van der Waals surface area contributed by atoms with E-state index in [4.69, 9.17) is 4.74 Å². The van der Waals surface area contributed by atoms with Gasteiger partial charge < -0.3 is 14.7 Å². The zero-order chi connectivity index (χ0) is 15.2. The van der Waals surface area contributed by atoms with Gasteiger partial charge in [-0.3, -0.25) is 9.59 Å². The summed E-state index contributed by atoms with van der Waals surface area (Å²) in [5, 5.41) is 9.63. The van der Waals surface area contributed by atoms with Crippen molar-refractivity contribution in [3.05, 3.63) is 21.4 Å². The maximum atomic E-state index is 12.6. The van der Waals surface area contributed by atoms with Gasteiger partial charge in [-0.15, -0.1) is 11.3 Å². The Hall–Kier alpha value is -1.40. The number of nitrogens with zero attached hydrogens (tertiary/aromatic N) is 1. The van der Waals surface area contributed by atoms with E-state index >= 15 is 0 Å². The lowest BCUT2D eigenvalue weighted by Gasteiger charge is -2.33. The summed E-state index contributed by atoms with van der Waals surface area (Å²) in [6.07, 6.45) is 0.485. The van der Waals surface area contributed by atoms with Crippen molar-refractivity contribution in [1.29, 1.82) is 0 Å². The van der Waals surface area contributed by atoms with Crippen LogP contribution in [0.1, 0.15) is 26.5 Å². The van der Waals surface area contributed by atoms with E-state index < -0.39 is 11.4 Å². The first kappa shape index (κ1) is 14.5. The van der Waals surface area contributed by atoms with Crippen LogP contribution in [-0.2, 0) is 9.53 Å². The van der Waals surface area contributed by atoms with Crippen molar-refractivity contribution < 1.29 is 19.4 Å². The molecule has 21 heavy (non-hydrogen) atoms. The number of ether oxygens (including phenoxy) is 1. The second kappa shape index (κ2) is 5.10. The number of carbonyl (C=O) groups is 2. The van der Waals surface area contributed by atoms with Gasteiger partial charge in [0.2, 0.25) is 0 Å². The van der Waals surface area contributed by atoms with Gasteiger partial charge >= 0.3 is 5.97 Å². The number of hydrogen-bond donors (Lipinski definition) is 1. The summed E-state index contributed by atoms with van der Waals surface area (Å²) in [6, 6.07) is 1.90. The number of hydrogen-bond acceptors (Lipinski definition) is 4. The van der Waals surface area contributed by atoms with Gasteiger partial charge in [0.1, 0.15) is 0 Å². The van der Waals surface area contributed by atoms with Crippen LogP contribution in [-0.4, -0.2) is 48.2 Å². The topological polar surface area (TPSA) is 66.8 Å². The van der Waals surface area contributed by atoms with Crippen LogP contribution in [0.5, 0.6) is 0 Å². The molecule has 1 aromatic heterocycles. The van der Waals surface area contributed by atoms with Crippen molar-refractivity contribution in [2.24, 2.45) is 11.3 Å². The molecule has 0 bridgehead atoms. The molecule has 0 aliphatic carbocycles. The van der Waals surface area contributed by atoms with Crippen molar-refractivity contribution in [2.45, 2.75) is 20.3 Å². The monoisotopic (exact) mass is 309 g/mol. The Kier molecular flexibility index (Phi) is 3.53. The van der Waals surface area contributed by atoms with Gasteiger partial charge in [-0.25, -0.2) is 0 Å². The van der Waals surface area contributed by atoms with E-state index in [2.05, 4.69) is 0 Å². The number of aryl methyl sites for hydroxylation is 2. The van der Waals surface area contributed by atoms with Crippen LogP contribution >= 0.6 is 11.3 Å². The molecule has 0 aromatic carbocycles. The zero-order valence-corrected chi connectivity index (χ0v) is 13.0. The summed E-state index contributed by atoms with van der Waals surface area (Å²) in [4.78, 5) is 27.9. The normalized spacial score (nSPS) is 28.5. The first-order valence-electron chi connectivity index (χ1n) is 7.11. The number of aliphatic carboxylic acids is 1. The third-order valence-electron chi connectivity index (χ3n) is 4.80. The van der Waals surface area contributed by atoms with E-state index in [-0.39, 0.29) is 11.8 Å². The van der Waals surface area contributed by atoms with E-state index in [1.54, 1.807) is 4.90 Å².